The zero-order valence-electron chi connectivity index (χ0n) is 14.9. The van der Waals surface area contributed by atoms with Crippen LogP contribution < -0.4 is 20.4 Å². The second kappa shape index (κ2) is 8.14. The van der Waals surface area contributed by atoms with Crippen molar-refractivity contribution in [3.05, 3.63) is 63.5 Å². The Hall–Kier alpha value is -2.99. The lowest BCUT2D eigenvalue weighted by Gasteiger charge is -2.09. The molecule has 0 aliphatic rings. The Balaban J connectivity index is 1.88. The Morgan fingerprint density at radius 1 is 1.15 bits per heavy atom. The first-order chi connectivity index (χ1) is 13.0. The van der Waals surface area contributed by atoms with Crippen LogP contribution in [0.15, 0.2) is 51.7 Å². The zero-order chi connectivity index (χ0) is 19.4. The number of carbonyl (C=O) groups excluding carboxylic acids is 1. The van der Waals surface area contributed by atoms with E-state index in [4.69, 9.17) is 25.5 Å². The fourth-order valence-corrected chi connectivity index (χ4v) is 2.77. The first-order valence-corrected chi connectivity index (χ1v) is 8.76. The molecule has 27 heavy (non-hydrogen) atoms. The van der Waals surface area contributed by atoms with Crippen molar-refractivity contribution < 1.29 is 18.7 Å². The van der Waals surface area contributed by atoms with Crippen molar-refractivity contribution in [3.63, 3.8) is 0 Å². The summed E-state index contributed by atoms with van der Waals surface area (Å²) >= 11 is 6.27. The van der Waals surface area contributed by atoms with Crippen molar-refractivity contribution in [3.8, 4) is 11.7 Å². The van der Waals surface area contributed by atoms with Crippen molar-refractivity contribution >= 4 is 34.0 Å². The molecule has 0 fully saturated rings. The molecule has 1 N–H and O–H groups in total. The highest BCUT2D eigenvalue weighted by Gasteiger charge is 2.15. The minimum Gasteiger partial charge on any atom is -0.497 e. The Kier molecular flexibility index (Phi) is 5.66. The second-order valence-electron chi connectivity index (χ2n) is 5.78. The van der Waals surface area contributed by atoms with Gasteiger partial charge in [0, 0.05) is 16.6 Å². The first kappa shape index (κ1) is 18.8. The van der Waals surface area contributed by atoms with Gasteiger partial charge in [-0.15, -0.1) is 0 Å². The van der Waals surface area contributed by atoms with Crippen molar-refractivity contribution in [2.24, 2.45) is 0 Å². The van der Waals surface area contributed by atoms with E-state index in [-0.39, 0.29) is 22.3 Å². The van der Waals surface area contributed by atoms with Crippen molar-refractivity contribution in [1.29, 1.82) is 0 Å². The lowest BCUT2D eigenvalue weighted by molar-refractivity contribution is 0.102. The first-order valence-electron chi connectivity index (χ1n) is 8.38. The third-order valence-electron chi connectivity index (χ3n) is 3.89. The summed E-state index contributed by atoms with van der Waals surface area (Å²) in [5.41, 5.74) is 0.333. The molecule has 0 spiro atoms. The normalized spacial score (nSPS) is 10.6. The van der Waals surface area contributed by atoms with Gasteiger partial charge in [0.25, 0.3) is 5.91 Å². The zero-order valence-corrected chi connectivity index (χ0v) is 15.6. The van der Waals surface area contributed by atoms with Crippen LogP contribution in [0.5, 0.6) is 11.7 Å². The van der Waals surface area contributed by atoms with Crippen molar-refractivity contribution in [2.45, 2.75) is 13.3 Å². The second-order valence-corrected chi connectivity index (χ2v) is 6.16. The minimum atomic E-state index is -0.582. The van der Waals surface area contributed by atoms with Crippen LogP contribution in [0.25, 0.3) is 10.8 Å². The van der Waals surface area contributed by atoms with E-state index in [2.05, 4.69) is 5.32 Å². The van der Waals surface area contributed by atoms with Gasteiger partial charge in [-0.25, -0.2) is 4.79 Å². The standard InChI is InChI=1S/C20H18ClNO5/c1-3-10-26-20-17(21)15-9-6-13(11-16(15)19(24)27-20)22-18(23)12-4-7-14(25-2)8-5-12/h4-9,11H,3,10H2,1-2H3,(H,22,23). The average molecular weight is 388 g/mol. The molecule has 0 atom stereocenters. The molecule has 1 heterocycles. The number of benzene rings is 2. The highest BCUT2D eigenvalue weighted by atomic mass is 35.5. The topological polar surface area (TPSA) is 77.8 Å². The predicted octanol–water partition coefficient (Wildman–Crippen LogP) is 4.50. The van der Waals surface area contributed by atoms with E-state index in [0.717, 1.165) is 6.42 Å². The quantitative estimate of drug-likeness (QED) is 0.674. The summed E-state index contributed by atoms with van der Waals surface area (Å²) in [5, 5.41) is 3.74. The van der Waals surface area contributed by atoms with Crippen LogP contribution >= 0.6 is 11.6 Å². The number of hydrogen-bond donors (Lipinski definition) is 1. The molecule has 7 heteroatoms. The summed E-state index contributed by atoms with van der Waals surface area (Å²) in [6, 6.07) is 11.5. The third-order valence-corrected chi connectivity index (χ3v) is 4.25. The van der Waals surface area contributed by atoms with Gasteiger partial charge in [-0.1, -0.05) is 24.6 Å². The van der Waals surface area contributed by atoms with Gasteiger partial charge in [-0.05, 0) is 42.8 Å². The molecule has 0 bridgehead atoms. The molecule has 0 saturated heterocycles. The molecule has 1 amide bonds. The van der Waals surface area contributed by atoms with E-state index >= 15 is 0 Å². The fourth-order valence-electron chi connectivity index (χ4n) is 2.51. The van der Waals surface area contributed by atoms with Crippen LogP contribution in [-0.4, -0.2) is 19.6 Å². The largest absolute Gasteiger partial charge is 0.497 e. The van der Waals surface area contributed by atoms with Crippen LogP contribution in [-0.2, 0) is 0 Å². The molecule has 1 aromatic heterocycles. The van der Waals surface area contributed by atoms with Gasteiger partial charge >= 0.3 is 11.6 Å². The van der Waals surface area contributed by atoms with Gasteiger partial charge in [0.05, 0.1) is 19.1 Å². The maximum Gasteiger partial charge on any atom is 0.346 e. The maximum absolute atomic E-state index is 12.4. The van der Waals surface area contributed by atoms with Gasteiger partial charge in [0.1, 0.15) is 10.8 Å². The highest BCUT2D eigenvalue weighted by Crippen LogP contribution is 2.32. The van der Waals surface area contributed by atoms with E-state index in [1.807, 2.05) is 6.92 Å². The number of halogens is 1. The van der Waals surface area contributed by atoms with Crippen LogP contribution in [0.1, 0.15) is 23.7 Å². The van der Waals surface area contributed by atoms with Crippen LogP contribution in [0.3, 0.4) is 0 Å². The summed E-state index contributed by atoms with van der Waals surface area (Å²) < 4.78 is 15.6. The summed E-state index contributed by atoms with van der Waals surface area (Å²) in [4.78, 5) is 24.6. The number of carbonyl (C=O) groups is 1. The van der Waals surface area contributed by atoms with E-state index in [1.165, 1.54) is 6.07 Å². The van der Waals surface area contributed by atoms with Crippen molar-refractivity contribution in [1.82, 2.24) is 0 Å². The van der Waals surface area contributed by atoms with Gasteiger partial charge in [0.15, 0.2) is 0 Å². The van der Waals surface area contributed by atoms with Gasteiger partial charge in [-0.2, -0.15) is 0 Å². The smallest absolute Gasteiger partial charge is 0.346 e. The Labute approximate surface area is 160 Å². The van der Waals surface area contributed by atoms with Crippen LogP contribution in [0.4, 0.5) is 5.69 Å². The summed E-state index contributed by atoms with van der Waals surface area (Å²) in [6.45, 7) is 2.33. The van der Waals surface area contributed by atoms with E-state index < -0.39 is 5.63 Å². The Morgan fingerprint density at radius 3 is 2.56 bits per heavy atom. The molecular weight excluding hydrogens is 370 g/mol. The van der Waals surface area contributed by atoms with Crippen molar-refractivity contribution in [2.75, 3.05) is 19.0 Å². The minimum absolute atomic E-state index is 0.00559. The summed E-state index contributed by atoms with van der Waals surface area (Å²) in [6.07, 6.45) is 0.758. The van der Waals surface area contributed by atoms with Gasteiger partial charge < -0.3 is 19.2 Å². The van der Waals surface area contributed by atoms with Gasteiger partial charge in [0.2, 0.25) is 0 Å². The fraction of sp³-hybridized carbons (Fsp3) is 0.200. The number of fused-ring (bicyclic) bond motifs is 1. The number of hydrogen-bond acceptors (Lipinski definition) is 5. The molecule has 0 aliphatic heterocycles. The lowest BCUT2D eigenvalue weighted by Crippen LogP contribution is -2.12. The molecule has 6 nitrogen and oxygen atoms in total. The average Bonchev–Trinajstić information content (AvgIpc) is 2.69. The van der Waals surface area contributed by atoms with E-state index in [1.54, 1.807) is 43.5 Å². The van der Waals surface area contributed by atoms with E-state index in [0.29, 0.717) is 29.0 Å². The Morgan fingerprint density at radius 2 is 1.89 bits per heavy atom. The number of nitrogens with one attached hydrogen (secondary N) is 1. The predicted molar refractivity (Wildman–Crippen MR) is 104 cm³/mol. The number of anilines is 1. The summed E-state index contributed by atoms with van der Waals surface area (Å²) in [5.74, 6) is 0.354. The molecule has 3 rings (SSSR count). The SMILES string of the molecule is CCCOc1oc(=O)c2cc(NC(=O)c3ccc(OC)cc3)ccc2c1Cl. The molecule has 2 aromatic carbocycles. The molecule has 0 radical (unpaired) electrons. The molecule has 0 aliphatic carbocycles. The number of rotatable bonds is 6. The highest BCUT2D eigenvalue weighted by molar-refractivity contribution is 6.36. The van der Waals surface area contributed by atoms with E-state index in [9.17, 15) is 9.59 Å². The molecule has 0 unspecified atom stereocenters. The monoisotopic (exact) mass is 387 g/mol. The molecule has 3 aromatic rings. The third kappa shape index (κ3) is 4.06. The van der Waals surface area contributed by atoms with Gasteiger partial charge in [-0.3, -0.25) is 4.79 Å². The van der Waals surface area contributed by atoms with Crippen LogP contribution in [0.2, 0.25) is 5.02 Å². The molecular formula is C20H18ClNO5. The van der Waals surface area contributed by atoms with Crippen LogP contribution in [0, 0.1) is 0 Å². The number of methoxy groups -OCH3 is 1. The molecule has 0 saturated carbocycles. The molecule has 140 valence electrons. The number of amides is 1. The maximum atomic E-state index is 12.4. The lowest BCUT2D eigenvalue weighted by atomic mass is 10.1. The number of ether oxygens (including phenoxy) is 2. The Bertz CT molecular complexity index is 1030. The summed E-state index contributed by atoms with van der Waals surface area (Å²) in [7, 11) is 1.56.